The Labute approximate surface area is 208 Å². The SMILES string of the molecule is O=C1CCCCCC(C(=O)NCCc2cc(Cl)ccc2-n2cnnn2)CC(=O)c2ccccc2N1. The first-order valence-electron chi connectivity index (χ1n) is 11.7. The van der Waals surface area contributed by atoms with Crippen LogP contribution in [-0.4, -0.2) is 44.3 Å². The zero-order valence-electron chi connectivity index (χ0n) is 19.2. The average molecular weight is 495 g/mol. The Morgan fingerprint density at radius 3 is 2.83 bits per heavy atom. The smallest absolute Gasteiger partial charge is 0.224 e. The van der Waals surface area contributed by atoms with Crippen molar-refractivity contribution in [2.24, 2.45) is 5.92 Å². The number of hydrogen-bond donors (Lipinski definition) is 2. The van der Waals surface area contributed by atoms with Gasteiger partial charge in [-0.05, 0) is 65.6 Å². The molecule has 1 atom stereocenters. The summed E-state index contributed by atoms with van der Waals surface area (Å²) in [5.41, 5.74) is 2.61. The van der Waals surface area contributed by atoms with Crippen molar-refractivity contribution in [3.63, 3.8) is 0 Å². The first-order chi connectivity index (χ1) is 17.0. The van der Waals surface area contributed by atoms with Crippen molar-refractivity contribution >= 4 is 34.9 Å². The first kappa shape index (κ1) is 24.5. The van der Waals surface area contributed by atoms with E-state index >= 15 is 0 Å². The summed E-state index contributed by atoms with van der Waals surface area (Å²) in [5, 5.41) is 17.7. The van der Waals surface area contributed by atoms with Crippen LogP contribution < -0.4 is 10.6 Å². The maximum absolute atomic E-state index is 13.1. The molecule has 35 heavy (non-hydrogen) atoms. The van der Waals surface area contributed by atoms with Crippen LogP contribution in [0.2, 0.25) is 5.02 Å². The first-order valence-corrected chi connectivity index (χ1v) is 12.1. The third-order valence-corrected chi connectivity index (χ3v) is 6.33. The van der Waals surface area contributed by atoms with Crippen LogP contribution in [0.25, 0.3) is 5.69 Å². The lowest BCUT2D eigenvalue weighted by atomic mass is 9.91. The quantitative estimate of drug-likeness (QED) is 0.557. The lowest BCUT2D eigenvalue weighted by Crippen LogP contribution is -2.34. The minimum absolute atomic E-state index is 0.0890. The fourth-order valence-electron chi connectivity index (χ4n) is 4.27. The van der Waals surface area contributed by atoms with Gasteiger partial charge < -0.3 is 10.6 Å². The molecule has 182 valence electrons. The number of tetrazole rings is 1. The third kappa shape index (κ3) is 6.51. The molecule has 0 radical (unpaired) electrons. The van der Waals surface area contributed by atoms with Gasteiger partial charge in [-0.3, -0.25) is 14.4 Å². The Kier molecular flexibility index (Phi) is 8.20. The number of benzene rings is 2. The van der Waals surface area contributed by atoms with E-state index in [1.807, 2.05) is 12.1 Å². The molecule has 0 saturated heterocycles. The predicted octanol–water partition coefficient (Wildman–Crippen LogP) is 3.77. The summed E-state index contributed by atoms with van der Waals surface area (Å²) < 4.78 is 1.55. The van der Waals surface area contributed by atoms with Gasteiger partial charge in [0.05, 0.1) is 11.4 Å². The van der Waals surface area contributed by atoms with E-state index in [4.69, 9.17) is 11.6 Å². The number of aromatic nitrogens is 4. The van der Waals surface area contributed by atoms with Crippen LogP contribution in [0.3, 0.4) is 0 Å². The van der Waals surface area contributed by atoms with Crippen molar-refractivity contribution < 1.29 is 14.4 Å². The van der Waals surface area contributed by atoms with Crippen LogP contribution in [0.1, 0.15) is 54.4 Å². The second-order valence-corrected chi connectivity index (χ2v) is 9.02. The number of hydrogen-bond acceptors (Lipinski definition) is 6. The lowest BCUT2D eigenvalue weighted by Gasteiger charge is -2.19. The van der Waals surface area contributed by atoms with Gasteiger partial charge in [-0.25, -0.2) is 4.68 Å². The van der Waals surface area contributed by atoms with Gasteiger partial charge in [0.1, 0.15) is 6.33 Å². The topological polar surface area (TPSA) is 119 Å². The number of ketones is 1. The molecule has 2 amide bonds. The van der Waals surface area contributed by atoms with E-state index in [0.717, 1.165) is 30.5 Å². The lowest BCUT2D eigenvalue weighted by molar-refractivity contribution is -0.125. The normalized spacial score (nSPS) is 17.0. The highest BCUT2D eigenvalue weighted by Gasteiger charge is 2.24. The zero-order chi connectivity index (χ0) is 24.6. The van der Waals surface area contributed by atoms with Gasteiger partial charge >= 0.3 is 0 Å². The predicted molar refractivity (Wildman–Crippen MR) is 131 cm³/mol. The highest BCUT2D eigenvalue weighted by molar-refractivity contribution is 6.30. The van der Waals surface area contributed by atoms with Crippen molar-refractivity contribution in [2.75, 3.05) is 11.9 Å². The van der Waals surface area contributed by atoms with E-state index in [2.05, 4.69) is 26.2 Å². The highest BCUT2D eigenvalue weighted by Crippen LogP contribution is 2.24. The molecule has 1 aromatic heterocycles. The number of rotatable bonds is 5. The molecule has 4 rings (SSSR count). The standard InChI is InChI=1S/C25H27ClN6O3/c26-19-10-11-22(32-16-28-30-31-32)17(14-19)12-13-27-25(35)18-6-2-1-3-9-24(34)29-21-8-5-4-7-20(21)23(33)15-18/h4-5,7-8,10-11,14,16,18H,1-3,6,9,12-13,15H2,(H,27,35)(H,29,34). The van der Waals surface area contributed by atoms with Crippen LogP contribution in [0.15, 0.2) is 48.8 Å². The number of carbonyl (C=O) groups is 3. The van der Waals surface area contributed by atoms with Crippen LogP contribution in [0, 0.1) is 5.92 Å². The number of nitrogens with zero attached hydrogens (tertiary/aromatic N) is 4. The summed E-state index contributed by atoms with van der Waals surface area (Å²) in [6.07, 6.45) is 5.44. The van der Waals surface area contributed by atoms with E-state index in [0.29, 0.717) is 42.1 Å². The molecule has 1 aliphatic rings. The summed E-state index contributed by atoms with van der Waals surface area (Å²) in [6.45, 7) is 0.381. The van der Waals surface area contributed by atoms with E-state index in [1.54, 1.807) is 35.0 Å². The molecular formula is C25H27ClN6O3. The molecule has 2 heterocycles. The van der Waals surface area contributed by atoms with Crippen LogP contribution in [0.5, 0.6) is 0 Å². The summed E-state index contributed by atoms with van der Waals surface area (Å²) in [5.74, 6) is -0.841. The molecule has 0 saturated carbocycles. The van der Waals surface area contributed by atoms with E-state index < -0.39 is 5.92 Å². The molecule has 3 aromatic rings. The molecular weight excluding hydrogens is 468 g/mol. The molecule has 1 unspecified atom stereocenters. The van der Waals surface area contributed by atoms with Crippen molar-refractivity contribution in [3.05, 3.63) is 64.9 Å². The molecule has 2 N–H and O–H groups in total. The fourth-order valence-corrected chi connectivity index (χ4v) is 4.47. The maximum Gasteiger partial charge on any atom is 0.224 e. The van der Waals surface area contributed by atoms with Crippen molar-refractivity contribution in [2.45, 2.75) is 44.9 Å². The molecule has 0 bridgehead atoms. The van der Waals surface area contributed by atoms with E-state index in [9.17, 15) is 14.4 Å². The molecule has 1 aliphatic heterocycles. The summed E-state index contributed by atoms with van der Waals surface area (Å²) in [6, 6.07) is 12.4. The molecule has 2 aromatic carbocycles. The minimum Gasteiger partial charge on any atom is -0.356 e. The van der Waals surface area contributed by atoms with Gasteiger partial charge in [0.15, 0.2) is 5.78 Å². The number of nitrogens with one attached hydrogen (secondary N) is 2. The maximum atomic E-state index is 13.1. The van der Waals surface area contributed by atoms with E-state index in [1.165, 1.54) is 6.33 Å². The minimum atomic E-state index is -0.441. The second-order valence-electron chi connectivity index (χ2n) is 8.59. The second kappa shape index (κ2) is 11.7. The van der Waals surface area contributed by atoms with Gasteiger partial charge in [-0.1, -0.05) is 36.6 Å². The van der Waals surface area contributed by atoms with Crippen LogP contribution in [0.4, 0.5) is 5.69 Å². The van der Waals surface area contributed by atoms with E-state index in [-0.39, 0.29) is 24.0 Å². The highest BCUT2D eigenvalue weighted by atomic mass is 35.5. The molecule has 0 fully saturated rings. The van der Waals surface area contributed by atoms with Gasteiger partial charge in [-0.2, -0.15) is 0 Å². The van der Waals surface area contributed by atoms with Crippen molar-refractivity contribution in [1.82, 2.24) is 25.5 Å². The molecule has 0 spiro atoms. The Bertz CT molecular complexity index is 1200. The van der Waals surface area contributed by atoms with Crippen molar-refractivity contribution in [1.29, 1.82) is 0 Å². The number of carbonyl (C=O) groups excluding carboxylic acids is 3. The molecule has 9 nitrogen and oxygen atoms in total. The van der Waals surface area contributed by atoms with Gasteiger partial charge in [0, 0.05) is 35.9 Å². The number of amides is 2. The summed E-state index contributed by atoms with van der Waals surface area (Å²) >= 11 is 6.18. The number of para-hydroxylation sites is 1. The van der Waals surface area contributed by atoms with Gasteiger partial charge in [-0.15, -0.1) is 5.10 Å². The number of Topliss-reactive ketones (excluding diaryl/α,β-unsaturated/α-hetero) is 1. The number of anilines is 1. The van der Waals surface area contributed by atoms with Crippen LogP contribution >= 0.6 is 11.6 Å². The zero-order valence-corrected chi connectivity index (χ0v) is 20.0. The molecule has 0 aliphatic carbocycles. The van der Waals surface area contributed by atoms with Crippen LogP contribution in [-0.2, 0) is 16.0 Å². The number of fused-ring (bicyclic) bond motifs is 1. The summed E-state index contributed by atoms with van der Waals surface area (Å²) in [7, 11) is 0. The Balaban J connectivity index is 1.43. The average Bonchev–Trinajstić information content (AvgIpc) is 3.37. The van der Waals surface area contributed by atoms with Crippen molar-refractivity contribution in [3.8, 4) is 5.69 Å². The van der Waals surface area contributed by atoms with Gasteiger partial charge in [0.2, 0.25) is 11.8 Å². The fraction of sp³-hybridized carbons (Fsp3) is 0.360. The molecule has 10 heteroatoms. The third-order valence-electron chi connectivity index (χ3n) is 6.09. The summed E-state index contributed by atoms with van der Waals surface area (Å²) in [4.78, 5) is 38.4. The number of halogens is 1. The Morgan fingerprint density at radius 1 is 1.14 bits per heavy atom. The van der Waals surface area contributed by atoms with Gasteiger partial charge in [0.25, 0.3) is 0 Å². The monoisotopic (exact) mass is 494 g/mol. The Hall–Kier alpha value is -3.59. The largest absolute Gasteiger partial charge is 0.356 e. The Morgan fingerprint density at radius 2 is 2.00 bits per heavy atom.